The number of amides is 3. The summed E-state index contributed by atoms with van der Waals surface area (Å²) in [6, 6.07) is 6.21. The van der Waals surface area contributed by atoms with Gasteiger partial charge < -0.3 is 25.2 Å². The zero-order valence-corrected chi connectivity index (χ0v) is 23.8. The smallest absolute Gasteiger partial charge is 0.246 e. The number of likely N-dealkylation sites (tertiary alicyclic amines) is 1. The topological polar surface area (TPSA) is 91.0 Å². The summed E-state index contributed by atoms with van der Waals surface area (Å²) in [6.07, 6.45) is 10.5. The molecule has 2 bridgehead atoms. The van der Waals surface area contributed by atoms with E-state index in [-0.39, 0.29) is 23.8 Å². The molecule has 3 heterocycles. The number of carbonyl (C=O) groups is 3. The number of hydrogen-bond donors (Lipinski definition) is 2. The first-order chi connectivity index (χ1) is 18.9. The molecule has 1 aromatic carbocycles. The Bertz CT molecular complexity index is 1080. The Hall–Kier alpha value is -2.42. The lowest BCUT2D eigenvalue weighted by Gasteiger charge is -2.35. The van der Waals surface area contributed by atoms with Gasteiger partial charge in [0, 0.05) is 29.8 Å². The monoisotopic (exact) mass is 556 g/mol. The van der Waals surface area contributed by atoms with Gasteiger partial charge in [0.25, 0.3) is 0 Å². The van der Waals surface area contributed by atoms with E-state index in [1.54, 1.807) is 29.2 Å². The van der Waals surface area contributed by atoms with E-state index < -0.39 is 29.6 Å². The molecule has 0 radical (unpaired) electrons. The van der Waals surface area contributed by atoms with Crippen molar-refractivity contribution in [3.05, 3.63) is 41.4 Å². The van der Waals surface area contributed by atoms with Crippen LogP contribution in [0.2, 0.25) is 5.02 Å². The summed E-state index contributed by atoms with van der Waals surface area (Å²) >= 11 is 6.01. The number of benzene rings is 1. The van der Waals surface area contributed by atoms with Crippen LogP contribution in [0.15, 0.2) is 36.4 Å². The van der Waals surface area contributed by atoms with Gasteiger partial charge in [0.1, 0.15) is 11.6 Å². The van der Waals surface area contributed by atoms with E-state index in [2.05, 4.69) is 29.4 Å². The van der Waals surface area contributed by atoms with Crippen LogP contribution >= 0.6 is 11.6 Å². The van der Waals surface area contributed by atoms with Gasteiger partial charge in [-0.05, 0) is 63.0 Å². The lowest BCUT2D eigenvalue weighted by Crippen LogP contribution is -2.57. The average Bonchev–Trinajstić information content (AvgIpc) is 3.56. The molecule has 0 aromatic heterocycles. The van der Waals surface area contributed by atoms with Crippen LogP contribution in [0.5, 0.6) is 0 Å². The number of hydrogen-bond acceptors (Lipinski definition) is 5. The number of ether oxygens (including phenoxy) is 1. The molecule has 3 fully saturated rings. The molecule has 2 saturated heterocycles. The first kappa shape index (κ1) is 28.1. The second-order valence-electron chi connectivity index (χ2n) is 11.4. The highest BCUT2D eigenvalue weighted by Gasteiger charge is 2.72. The maximum atomic E-state index is 14.1. The predicted octanol–water partition coefficient (Wildman–Crippen LogP) is 4.00. The van der Waals surface area contributed by atoms with Crippen LogP contribution in [0.25, 0.3) is 0 Å². The lowest BCUT2D eigenvalue weighted by molar-refractivity contribution is -0.141. The van der Waals surface area contributed by atoms with Crippen LogP contribution in [0.3, 0.4) is 0 Å². The minimum absolute atomic E-state index is 0.113. The number of nitrogens with zero attached hydrogens (tertiary/aromatic N) is 2. The average molecular weight is 557 g/mol. The molecule has 0 unspecified atom stereocenters. The van der Waals surface area contributed by atoms with Crippen molar-refractivity contribution in [1.29, 1.82) is 0 Å². The lowest BCUT2D eigenvalue weighted by atomic mass is 9.74. The zero-order chi connectivity index (χ0) is 27.6. The summed E-state index contributed by atoms with van der Waals surface area (Å²) in [5.41, 5.74) is -0.531. The molecule has 39 heavy (non-hydrogen) atoms. The van der Waals surface area contributed by atoms with Crippen LogP contribution in [0.4, 0.5) is 5.69 Å². The van der Waals surface area contributed by atoms with Crippen molar-refractivity contribution in [2.75, 3.05) is 31.5 Å². The molecule has 5 atom stereocenters. The second kappa shape index (κ2) is 12.0. The predicted molar refractivity (Wildman–Crippen MR) is 151 cm³/mol. The molecule has 1 aliphatic carbocycles. The number of carbonyl (C=O) groups excluding carboxylic acids is 3. The van der Waals surface area contributed by atoms with Crippen molar-refractivity contribution in [2.24, 2.45) is 11.8 Å². The van der Waals surface area contributed by atoms with E-state index in [0.29, 0.717) is 23.8 Å². The second-order valence-corrected chi connectivity index (χ2v) is 11.9. The number of halogens is 1. The minimum atomic E-state index is -1.14. The van der Waals surface area contributed by atoms with Crippen molar-refractivity contribution >= 4 is 35.0 Å². The highest BCUT2D eigenvalue weighted by atomic mass is 35.5. The van der Waals surface area contributed by atoms with Gasteiger partial charge in [0.15, 0.2) is 0 Å². The highest BCUT2D eigenvalue weighted by molar-refractivity contribution is 6.30. The number of anilines is 1. The van der Waals surface area contributed by atoms with E-state index in [1.807, 2.05) is 12.2 Å². The third-order valence-electron chi connectivity index (χ3n) is 8.73. The van der Waals surface area contributed by atoms with Gasteiger partial charge in [0.05, 0.1) is 17.9 Å². The molecule has 5 rings (SSSR count). The molecule has 1 spiro atoms. The number of nitrogens with one attached hydrogen (secondary N) is 2. The zero-order valence-electron chi connectivity index (χ0n) is 23.0. The van der Waals surface area contributed by atoms with Crippen molar-refractivity contribution in [3.63, 3.8) is 0 Å². The molecule has 8 nitrogen and oxygen atoms in total. The van der Waals surface area contributed by atoms with Gasteiger partial charge in [0.2, 0.25) is 17.7 Å². The normalized spacial score (nSPS) is 29.7. The Kier molecular flexibility index (Phi) is 8.64. The Labute approximate surface area is 236 Å². The van der Waals surface area contributed by atoms with E-state index >= 15 is 0 Å². The molecule has 212 valence electrons. The molecular weight excluding hydrogens is 516 g/mol. The maximum absolute atomic E-state index is 14.1. The minimum Gasteiger partial charge on any atom is -0.359 e. The standard InChI is InChI=1S/C30H41ClN4O4/c1-3-16-34(17-4-2)18-19-35-26(28(37)33-21-8-6-5-7-9-21)30-15-14-23(39-30)24(25(30)29(35)38)27(36)32-22-12-10-20(31)11-13-22/h10-15,21,23-26H,3-9,16-19H2,1-2H3,(H,32,36)(H,33,37)/t23-,24+,25-,26+,30-/m0/s1. The summed E-state index contributed by atoms with van der Waals surface area (Å²) < 4.78 is 6.47. The molecular formula is C30H41ClN4O4. The fraction of sp³-hybridized carbons (Fsp3) is 0.633. The third-order valence-corrected chi connectivity index (χ3v) is 8.98. The molecule has 1 aromatic rings. The summed E-state index contributed by atoms with van der Waals surface area (Å²) in [6.45, 7) is 7.27. The van der Waals surface area contributed by atoms with E-state index in [4.69, 9.17) is 16.3 Å². The Morgan fingerprint density at radius 2 is 1.74 bits per heavy atom. The van der Waals surface area contributed by atoms with Crippen LogP contribution in [-0.4, -0.2) is 77.5 Å². The summed E-state index contributed by atoms with van der Waals surface area (Å²) in [4.78, 5) is 45.7. The highest BCUT2D eigenvalue weighted by Crippen LogP contribution is 2.55. The number of fused-ring (bicyclic) bond motifs is 1. The quantitative estimate of drug-likeness (QED) is 0.402. The van der Waals surface area contributed by atoms with Crippen LogP contribution in [0, 0.1) is 11.8 Å². The Morgan fingerprint density at radius 3 is 2.41 bits per heavy atom. The van der Waals surface area contributed by atoms with E-state index in [0.717, 1.165) is 51.6 Å². The first-order valence-corrected chi connectivity index (χ1v) is 15.0. The molecule has 9 heteroatoms. The van der Waals surface area contributed by atoms with Gasteiger partial charge in [-0.3, -0.25) is 14.4 Å². The SMILES string of the molecule is CCCN(CCC)CCN1C(=O)[C@@H]2[C@H](C(=O)Nc3ccc(Cl)cc3)[C@@H]3C=C[C@@]2(O3)[C@H]1C(=O)NC1CCCCC1. The van der Waals surface area contributed by atoms with E-state index in [1.165, 1.54) is 6.42 Å². The fourth-order valence-corrected chi connectivity index (χ4v) is 7.14. The van der Waals surface area contributed by atoms with E-state index in [9.17, 15) is 14.4 Å². The van der Waals surface area contributed by atoms with Gasteiger partial charge in [-0.1, -0.05) is 56.9 Å². The largest absolute Gasteiger partial charge is 0.359 e. The van der Waals surface area contributed by atoms with Crippen molar-refractivity contribution in [3.8, 4) is 0 Å². The molecule has 3 aliphatic heterocycles. The van der Waals surface area contributed by atoms with Gasteiger partial charge in [-0.15, -0.1) is 0 Å². The first-order valence-electron chi connectivity index (χ1n) is 14.6. The molecule has 1 saturated carbocycles. The Morgan fingerprint density at radius 1 is 1.05 bits per heavy atom. The van der Waals surface area contributed by atoms with Gasteiger partial charge >= 0.3 is 0 Å². The van der Waals surface area contributed by atoms with Crippen LogP contribution < -0.4 is 10.6 Å². The van der Waals surface area contributed by atoms with Gasteiger partial charge in [-0.2, -0.15) is 0 Å². The summed E-state index contributed by atoms with van der Waals surface area (Å²) in [7, 11) is 0. The fourth-order valence-electron chi connectivity index (χ4n) is 7.01. The van der Waals surface area contributed by atoms with Crippen molar-refractivity contribution in [2.45, 2.75) is 82.6 Å². The summed E-state index contributed by atoms with van der Waals surface area (Å²) in [5, 5.41) is 6.77. The van der Waals surface area contributed by atoms with Crippen molar-refractivity contribution < 1.29 is 19.1 Å². The number of rotatable bonds is 11. The van der Waals surface area contributed by atoms with Gasteiger partial charge in [-0.25, -0.2) is 0 Å². The molecule has 4 aliphatic rings. The molecule has 3 amide bonds. The van der Waals surface area contributed by atoms with Crippen molar-refractivity contribution in [1.82, 2.24) is 15.1 Å². The molecule has 2 N–H and O–H groups in total. The van der Waals surface area contributed by atoms with Crippen LogP contribution in [0.1, 0.15) is 58.8 Å². The Balaban J connectivity index is 1.41. The third kappa shape index (κ3) is 5.48. The van der Waals surface area contributed by atoms with Crippen LogP contribution in [-0.2, 0) is 19.1 Å². The summed E-state index contributed by atoms with van der Waals surface area (Å²) in [5.74, 6) is -2.07. The maximum Gasteiger partial charge on any atom is 0.246 e.